The maximum absolute atomic E-state index is 13.4. The summed E-state index contributed by atoms with van der Waals surface area (Å²) < 4.78 is 14.5. The van der Waals surface area contributed by atoms with Crippen molar-refractivity contribution in [2.24, 2.45) is 0 Å². The van der Waals surface area contributed by atoms with Crippen LogP contribution >= 0.6 is 0 Å². The van der Waals surface area contributed by atoms with Crippen LogP contribution in [-0.2, 0) is 4.79 Å². The van der Waals surface area contributed by atoms with E-state index in [2.05, 4.69) is 10.4 Å². The maximum atomic E-state index is 13.4. The third-order valence-electron chi connectivity index (χ3n) is 4.68. The largest absolute Gasteiger partial charge is 0.493 e. The molecular formula is C21H20FN3O4. The van der Waals surface area contributed by atoms with Crippen molar-refractivity contribution in [2.75, 3.05) is 0 Å². The van der Waals surface area contributed by atoms with Crippen molar-refractivity contribution in [1.29, 1.82) is 0 Å². The number of carbonyl (C=O) groups excluding carboxylic acids is 1. The van der Waals surface area contributed by atoms with E-state index in [0.717, 1.165) is 27.9 Å². The summed E-state index contributed by atoms with van der Waals surface area (Å²) in [6.07, 6.45) is -0.313. The van der Waals surface area contributed by atoms with Gasteiger partial charge in [0.05, 0.1) is 18.2 Å². The molecule has 0 aliphatic heterocycles. The predicted octanol–water partition coefficient (Wildman–Crippen LogP) is 3.28. The molecule has 150 valence electrons. The second-order valence-electron chi connectivity index (χ2n) is 6.69. The first kappa shape index (κ1) is 20.1. The van der Waals surface area contributed by atoms with Crippen LogP contribution in [0, 0.1) is 19.7 Å². The molecule has 1 heterocycles. The van der Waals surface area contributed by atoms with E-state index in [1.54, 1.807) is 12.1 Å². The van der Waals surface area contributed by atoms with E-state index >= 15 is 0 Å². The lowest BCUT2D eigenvalue weighted by atomic mass is 9.95. The zero-order valence-electron chi connectivity index (χ0n) is 15.9. The number of hydrogen-bond donors (Lipinski definition) is 3. The van der Waals surface area contributed by atoms with Gasteiger partial charge in [-0.3, -0.25) is 9.59 Å². The molecule has 3 rings (SSSR count). The second-order valence-corrected chi connectivity index (χ2v) is 6.69. The Labute approximate surface area is 166 Å². The van der Waals surface area contributed by atoms with Crippen molar-refractivity contribution >= 4 is 11.9 Å². The van der Waals surface area contributed by atoms with Gasteiger partial charge in [0.2, 0.25) is 5.88 Å². The fraction of sp³-hybridized carbons (Fsp3) is 0.190. The maximum Gasteiger partial charge on any atom is 0.305 e. The number of nitrogens with zero attached hydrogens (tertiary/aromatic N) is 2. The summed E-state index contributed by atoms with van der Waals surface area (Å²) in [5.41, 5.74) is 2.67. The van der Waals surface area contributed by atoms with Crippen LogP contribution in [0.1, 0.15) is 39.6 Å². The molecule has 0 aliphatic carbocycles. The van der Waals surface area contributed by atoms with Crippen LogP contribution in [0.15, 0.2) is 48.5 Å². The number of aryl methyl sites for hydroxylation is 1. The minimum absolute atomic E-state index is 0.118. The monoisotopic (exact) mass is 397 g/mol. The molecule has 1 amide bonds. The van der Waals surface area contributed by atoms with Gasteiger partial charge in [0.25, 0.3) is 5.91 Å². The van der Waals surface area contributed by atoms with Crippen LogP contribution in [0.4, 0.5) is 4.39 Å². The Morgan fingerprint density at radius 1 is 1.17 bits per heavy atom. The standard InChI is InChI=1S/C21H20FN3O4/c1-12-5-3-8-16(13(12)2)17(11-20(27)28)23-21(29)18-10-19(26)25(24-18)15-7-4-6-14(22)9-15/h3-10,17,26H,11H2,1-2H3,(H,23,29)(H,27,28). The Bertz CT molecular complexity index is 1080. The highest BCUT2D eigenvalue weighted by molar-refractivity contribution is 5.93. The summed E-state index contributed by atoms with van der Waals surface area (Å²) in [7, 11) is 0. The zero-order chi connectivity index (χ0) is 21.1. The lowest BCUT2D eigenvalue weighted by Crippen LogP contribution is -2.31. The van der Waals surface area contributed by atoms with Crippen molar-refractivity contribution in [2.45, 2.75) is 26.3 Å². The highest BCUT2D eigenvalue weighted by Gasteiger charge is 2.23. The number of aliphatic carboxylic acids is 1. The average molecular weight is 397 g/mol. The number of nitrogens with one attached hydrogen (secondary N) is 1. The van der Waals surface area contributed by atoms with Gasteiger partial charge in [-0.15, -0.1) is 0 Å². The third kappa shape index (κ3) is 4.43. The topological polar surface area (TPSA) is 104 Å². The summed E-state index contributed by atoms with van der Waals surface area (Å²) in [4.78, 5) is 24.0. The van der Waals surface area contributed by atoms with Gasteiger partial charge in [-0.05, 0) is 48.7 Å². The normalized spacial score (nSPS) is 11.8. The Balaban J connectivity index is 1.90. The van der Waals surface area contributed by atoms with Crippen LogP contribution < -0.4 is 5.32 Å². The molecule has 3 aromatic rings. The first-order valence-corrected chi connectivity index (χ1v) is 8.90. The average Bonchev–Trinajstić information content (AvgIpc) is 3.05. The van der Waals surface area contributed by atoms with Crippen LogP contribution in [0.3, 0.4) is 0 Å². The second kappa shape index (κ2) is 8.14. The summed E-state index contributed by atoms with van der Waals surface area (Å²) in [6.45, 7) is 3.76. The number of aromatic nitrogens is 2. The summed E-state index contributed by atoms with van der Waals surface area (Å²) in [5, 5.41) is 26.1. The summed E-state index contributed by atoms with van der Waals surface area (Å²) in [6, 6.07) is 11.2. The number of carboxylic acid groups (broad SMARTS) is 1. The van der Waals surface area contributed by atoms with Gasteiger partial charge < -0.3 is 15.5 Å². The molecule has 0 fully saturated rings. The van der Waals surface area contributed by atoms with Gasteiger partial charge in [-0.1, -0.05) is 24.3 Å². The summed E-state index contributed by atoms with van der Waals surface area (Å²) >= 11 is 0. The van der Waals surface area contributed by atoms with E-state index in [4.69, 9.17) is 0 Å². The fourth-order valence-electron chi connectivity index (χ4n) is 3.08. The number of rotatable bonds is 6. The predicted molar refractivity (Wildman–Crippen MR) is 104 cm³/mol. The van der Waals surface area contributed by atoms with Crippen molar-refractivity contribution in [3.05, 3.63) is 76.7 Å². The molecule has 29 heavy (non-hydrogen) atoms. The molecule has 1 atom stereocenters. The van der Waals surface area contributed by atoms with Gasteiger partial charge in [0.1, 0.15) is 5.82 Å². The fourth-order valence-corrected chi connectivity index (χ4v) is 3.08. The molecule has 7 nitrogen and oxygen atoms in total. The number of halogens is 1. The van der Waals surface area contributed by atoms with Crippen LogP contribution in [-0.4, -0.2) is 31.9 Å². The highest BCUT2D eigenvalue weighted by Crippen LogP contribution is 2.24. The molecule has 0 saturated heterocycles. The van der Waals surface area contributed by atoms with Gasteiger partial charge >= 0.3 is 5.97 Å². The van der Waals surface area contributed by atoms with Crippen LogP contribution in [0.25, 0.3) is 5.69 Å². The first-order chi connectivity index (χ1) is 13.8. The molecule has 1 aromatic heterocycles. The van der Waals surface area contributed by atoms with E-state index in [9.17, 15) is 24.2 Å². The third-order valence-corrected chi connectivity index (χ3v) is 4.68. The highest BCUT2D eigenvalue weighted by atomic mass is 19.1. The molecule has 8 heteroatoms. The van der Waals surface area contributed by atoms with E-state index in [1.165, 1.54) is 18.2 Å². The molecular weight excluding hydrogens is 377 g/mol. The SMILES string of the molecule is Cc1cccc(C(CC(=O)O)NC(=O)c2cc(O)n(-c3cccc(F)c3)n2)c1C. The van der Waals surface area contributed by atoms with Gasteiger partial charge in [0.15, 0.2) is 5.69 Å². The quantitative estimate of drug-likeness (QED) is 0.592. The Hall–Kier alpha value is -3.68. The van der Waals surface area contributed by atoms with Gasteiger partial charge in [0, 0.05) is 6.07 Å². The van der Waals surface area contributed by atoms with Crippen molar-refractivity contribution in [1.82, 2.24) is 15.1 Å². The molecule has 2 aromatic carbocycles. The number of carbonyl (C=O) groups is 2. The van der Waals surface area contributed by atoms with Crippen LogP contribution in [0.5, 0.6) is 5.88 Å². The molecule has 0 spiro atoms. The smallest absolute Gasteiger partial charge is 0.305 e. The van der Waals surface area contributed by atoms with Crippen molar-refractivity contribution in [3.63, 3.8) is 0 Å². The molecule has 0 saturated carbocycles. The van der Waals surface area contributed by atoms with Crippen molar-refractivity contribution in [3.8, 4) is 11.6 Å². The lowest BCUT2D eigenvalue weighted by Gasteiger charge is -2.20. The molecule has 1 unspecified atom stereocenters. The number of aromatic hydroxyl groups is 1. The van der Waals surface area contributed by atoms with E-state index in [-0.39, 0.29) is 23.7 Å². The number of carboxylic acids is 1. The number of hydrogen-bond acceptors (Lipinski definition) is 4. The molecule has 0 aliphatic rings. The molecule has 0 radical (unpaired) electrons. The Morgan fingerprint density at radius 2 is 1.90 bits per heavy atom. The zero-order valence-corrected chi connectivity index (χ0v) is 15.9. The molecule has 0 bridgehead atoms. The van der Waals surface area contributed by atoms with E-state index < -0.39 is 23.7 Å². The Kier molecular flexibility index (Phi) is 5.63. The first-order valence-electron chi connectivity index (χ1n) is 8.90. The number of amides is 1. The lowest BCUT2D eigenvalue weighted by molar-refractivity contribution is -0.137. The Morgan fingerprint density at radius 3 is 2.59 bits per heavy atom. The van der Waals surface area contributed by atoms with E-state index in [1.807, 2.05) is 19.9 Å². The number of benzene rings is 2. The molecule has 3 N–H and O–H groups in total. The van der Waals surface area contributed by atoms with Gasteiger partial charge in [-0.2, -0.15) is 5.10 Å². The summed E-state index contributed by atoms with van der Waals surface area (Å²) in [5.74, 6) is -2.57. The van der Waals surface area contributed by atoms with E-state index in [0.29, 0.717) is 5.56 Å². The van der Waals surface area contributed by atoms with Crippen molar-refractivity contribution < 1.29 is 24.2 Å². The minimum atomic E-state index is -1.07. The minimum Gasteiger partial charge on any atom is -0.493 e. The van der Waals surface area contributed by atoms with Gasteiger partial charge in [-0.25, -0.2) is 9.07 Å². The van der Waals surface area contributed by atoms with Crippen LogP contribution in [0.2, 0.25) is 0 Å².